The molecule has 0 amide bonds. The molecular weight excluding hydrogens is 317 g/mol. The molecule has 0 spiro atoms. The molecule has 6 nitrogen and oxygen atoms in total. The Morgan fingerprint density at radius 3 is 2.59 bits per heavy atom. The Balaban J connectivity index is 2.14. The first-order valence-electron chi connectivity index (χ1n) is 4.64. The summed E-state index contributed by atoms with van der Waals surface area (Å²) in [5, 5.41) is 0. The maximum absolute atomic E-state index is 10.6. The molecule has 0 aromatic rings. The minimum atomic E-state index is -4.52. The molecule has 1 heterocycles. The first kappa shape index (κ1) is 13.6. The van der Waals surface area contributed by atoms with Gasteiger partial charge in [-0.05, 0) is 12.8 Å². The van der Waals surface area contributed by atoms with E-state index in [9.17, 15) is 8.42 Å². The zero-order chi connectivity index (χ0) is 12.8. The summed E-state index contributed by atoms with van der Waals surface area (Å²) in [6.45, 7) is 0. The molecule has 1 N–H and O–H groups in total. The molecule has 2 rings (SSSR count). The van der Waals surface area contributed by atoms with E-state index >= 15 is 0 Å². The maximum atomic E-state index is 10.6. The van der Waals surface area contributed by atoms with Gasteiger partial charge in [0.15, 0.2) is 0 Å². The predicted octanol–water partition coefficient (Wildman–Crippen LogP) is 1.50. The number of rotatable bonds is 2. The van der Waals surface area contributed by atoms with Crippen molar-refractivity contribution in [1.82, 2.24) is 0 Å². The lowest BCUT2D eigenvalue weighted by Gasteiger charge is -2.13. The Morgan fingerprint density at radius 1 is 1.41 bits per heavy atom. The van der Waals surface area contributed by atoms with Crippen molar-refractivity contribution in [3.63, 3.8) is 0 Å². The van der Waals surface area contributed by atoms with Crippen LogP contribution in [-0.4, -0.2) is 40.9 Å². The van der Waals surface area contributed by atoms with Crippen LogP contribution in [0, 0.1) is 0 Å². The van der Waals surface area contributed by atoms with Crippen LogP contribution in [0.1, 0.15) is 12.8 Å². The van der Waals surface area contributed by atoms with E-state index in [1.807, 2.05) is 0 Å². The number of hydrogen-bond acceptors (Lipinski definition) is 5. The fourth-order valence-corrected chi connectivity index (χ4v) is 2.72. The second kappa shape index (κ2) is 4.40. The molecule has 1 aliphatic heterocycles. The second-order valence-corrected chi connectivity index (χ2v) is 7.05. The lowest BCUT2D eigenvalue weighted by atomic mass is 10.2. The number of fused-ring (bicyclic) bond motifs is 1. The van der Waals surface area contributed by atoms with Crippen molar-refractivity contribution in [2.45, 2.75) is 34.9 Å². The third-order valence-electron chi connectivity index (χ3n) is 2.51. The molecule has 17 heavy (non-hydrogen) atoms. The average Bonchev–Trinajstić information content (AvgIpc) is 2.63. The fraction of sp³-hybridized carbons (Fsp3) is 0.857. The van der Waals surface area contributed by atoms with Gasteiger partial charge in [-0.1, -0.05) is 34.8 Å². The highest BCUT2D eigenvalue weighted by molar-refractivity contribution is 7.80. The van der Waals surface area contributed by atoms with Gasteiger partial charge in [-0.2, -0.15) is 8.42 Å². The van der Waals surface area contributed by atoms with Crippen LogP contribution in [0.2, 0.25) is 0 Å². The summed E-state index contributed by atoms with van der Waals surface area (Å²) in [7, 11) is -4.52. The topological polar surface area (TPSA) is 85.2 Å². The van der Waals surface area contributed by atoms with Gasteiger partial charge in [0.25, 0.3) is 3.79 Å². The van der Waals surface area contributed by atoms with Crippen molar-refractivity contribution in [3.05, 3.63) is 0 Å². The predicted molar refractivity (Wildman–Crippen MR) is 62.0 cm³/mol. The monoisotopic (exact) mass is 323 g/mol. The number of ether oxygens (including phenoxy) is 1. The highest BCUT2D eigenvalue weighted by Gasteiger charge is 2.48. The molecule has 3 atom stereocenters. The van der Waals surface area contributed by atoms with E-state index in [1.54, 1.807) is 0 Å². The number of halogens is 3. The third-order valence-corrected chi connectivity index (χ3v) is 3.49. The van der Waals surface area contributed by atoms with Crippen molar-refractivity contribution in [2.24, 2.45) is 4.99 Å². The Morgan fingerprint density at radius 2 is 2.06 bits per heavy atom. The number of alkyl halides is 3. The van der Waals surface area contributed by atoms with Gasteiger partial charge in [-0.3, -0.25) is 4.55 Å². The molecule has 0 saturated heterocycles. The zero-order valence-electron chi connectivity index (χ0n) is 8.22. The van der Waals surface area contributed by atoms with Crippen molar-refractivity contribution < 1.29 is 21.9 Å². The van der Waals surface area contributed by atoms with Gasteiger partial charge in [-0.15, -0.1) is 0 Å². The van der Waals surface area contributed by atoms with Crippen LogP contribution in [0.3, 0.4) is 0 Å². The van der Waals surface area contributed by atoms with E-state index in [0.29, 0.717) is 12.8 Å². The lowest BCUT2D eigenvalue weighted by molar-refractivity contribution is 0.148. The molecular formula is C7H8Cl3NO5S. The van der Waals surface area contributed by atoms with E-state index in [1.165, 1.54) is 0 Å². The van der Waals surface area contributed by atoms with Gasteiger partial charge in [0, 0.05) is 0 Å². The molecule has 0 radical (unpaired) electrons. The van der Waals surface area contributed by atoms with Crippen LogP contribution in [0.25, 0.3) is 0 Å². The summed E-state index contributed by atoms with van der Waals surface area (Å²) in [5.41, 5.74) is 0. The fourth-order valence-electron chi connectivity index (χ4n) is 1.91. The van der Waals surface area contributed by atoms with Crippen LogP contribution < -0.4 is 0 Å². The standard InChI is InChI=1S/C7H8Cl3NO5S/c8-7(9,10)6-11-5-3(15-6)1-2-4(5)16-17(12,13)14/h3-5H,1-2H2,(H,12,13,14)/t3-,4-,5-/m1/s1. The Labute approximate surface area is 113 Å². The number of aliphatic imine (C=N–C) groups is 1. The summed E-state index contributed by atoms with van der Waals surface area (Å²) < 4.78 is 37.8. The molecule has 1 aliphatic carbocycles. The minimum Gasteiger partial charge on any atom is -0.472 e. The average molecular weight is 325 g/mol. The van der Waals surface area contributed by atoms with Crippen molar-refractivity contribution in [1.29, 1.82) is 0 Å². The smallest absolute Gasteiger partial charge is 0.397 e. The van der Waals surface area contributed by atoms with Crippen LogP contribution in [-0.2, 0) is 19.3 Å². The molecule has 10 heteroatoms. The first-order valence-corrected chi connectivity index (χ1v) is 7.14. The molecule has 1 saturated carbocycles. The summed E-state index contributed by atoms with van der Waals surface area (Å²) in [5.74, 6) is -0.0823. The maximum Gasteiger partial charge on any atom is 0.397 e. The second-order valence-electron chi connectivity index (χ2n) is 3.72. The largest absolute Gasteiger partial charge is 0.472 e. The van der Waals surface area contributed by atoms with Crippen LogP contribution >= 0.6 is 34.8 Å². The normalized spacial score (nSPS) is 33.2. The van der Waals surface area contributed by atoms with Crippen molar-refractivity contribution in [2.75, 3.05) is 0 Å². The summed E-state index contributed by atoms with van der Waals surface area (Å²) >= 11 is 16.8. The molecule has 98 valence electrons. The van der Waals surface area contributed by atoms with E-state index < -0.39 is 26.3 Å². The first-order chi connectivity index (χ1) is 7.67. The molecule has 0 bridgehead atoms. The molecule has 0 aromatic heterocycles. The quantitative estimate of drug-likeness (QED) is 0.614. The molecule has 2 aliphatic rings. The van der Waals surface area contributed by atoms with Crippen LogP contribution in [0.5, 0.6) is 0 Å². The van der Waals surface area contributed by atoms with Gasteiger partial charge >= 0.3 is 10.4 Å². The highest BCUT2D eigenvalue weighted by Crippen LogP contribution is 2.39. The highest BCUT2D eigenvalue weighted by atomic mass is 35.6. The molecule has 0 unspecified atom stereocenters. The SMILES string of the molecule is O=S(=O)(O)O[C@@H]1CC[C@H]2OC(C(Cl)(Cl)Cl)=N[C@H]21. The van der Waals surface area contributed by atoms with Gasteiger partial charge < -0.3 is 4.74 Å². The Kier molecular flexibility index (Phi) is 3.53. The van der Waals surface area contributed by atoms with Crippen molar-refractivity contribution >= 4 is 51.1 Å². The lowest BCUT2D eigenvalue weighted by Crippen LogP contribution is -2.29. The Bertz CT molecular complexity index is 445. The van der Waals surface area contributed by atoms with Gasteiger partial charge in [0.2, 0.25) is 5.90 Å². The molecule has 0 aromatic carbocycles. The van der Waals surface area contributed by atoms with Crippen LogP contribution in [0.4, 0.5) is 0 Å². The summed E-state index contributed by atoms with van der Waals surface area (Å²) in [4.78, 5) is 3.98. The minimum absolute atomic E-state index is 0.0823. The number of hydrogen-bond donors (Lipinski definition) is 1. The van der Waals surface area contributed by atoms with Gasteiger partial charge in [-0.25, -0.2) is 9.18 Å². The van der Waals surface area contributed by atoms with Crippen molar-refractivity contribution in [3.8, 4) is 0 Å². The summed E-state index contributed by atoms with van der Waals surface area (Å²) in [6.07, 6.45) is -0.267. The third kappa shape index (κ3) is 3.15. The Hall–Kier alpha value is 0.210. The summed E-state index contributed by atoms with van der Waals surface area (Å²) in [6, 6.07) is -0.581. The van der Waals surface area contributed by atoms with E-state index in [0.717, 1.165) is 0 Å². The van der Waals surface area contributed by atoms with E-state index in [2.05, 4.69) is 9.18 Å². The number of nitrogens with zero attached hydrogens (tertiary/aromatic N) is 1. The van der Waals surface area contributed by atoms with E-state index in [-0.39, 0.29) is 12.0 Å². The van der Waals surface area contributed by atoms with Gasteiger partial charge in [0.1, 0.15) is 18.2 Å². The van der Waals surface area contributed by atoms with E-state index in [4.69, 9.17) is 44.1 Å². The zero-order valence-corrected chi connectivity index (χ0v) is 11.3. The van der Waals surface area contributed by atoms with Crippen LogP contribution in [0.15, 0.2) is 4.99 Å². The van der Waals surface area contributed by atoms with Gasteiger partial charge in [0.05, 0.1) is 0 Å². The molecule has 1 fully saturated rings.